The van der Waals surface area contributed by atoms with Gasteiger partial charge in [-0.1, -0.05) is 6.07 Å². The number of likely N-dealkylation sites (N-methyl/N-ethyl adjacent to an activating group) is 1. The predicted octanol–water partition coefficient (Wildman–Crippen LogP) is 1.46. The van der Waals surface area contributed by atoms with Crippen molar-refractivity contribution in [1.29, 1.82) is 0 Å². The smallest absolute Gasteiger partial charge is 0.243 e. The van der Waals surface area contributed by atoms with E-state index in [4.69, 9.17) is 0 Å². The number of amides is 1. The third-order valence-corrected chi connectivity index (χ3v) is 6.14. The Morgan fingerprint density at radius 3 is 2.59 bits per heavy atom. The van der Waals surface area contributed by atoms with Crippen LogP contribution in [0.3, 0.4) is 0 Å². The van der Waals surface area contributed by atoms with Gasteiger partial charge in [0.15, 0.2) is 0 Å². The highest BCUT2D eigenvalue weighted by molar-refractivity contribution is 7.89. The first-order valence-electron chi connectivity index (χ1n) is 7.84. The molecular formula is C16H22N2O3S. The Balaban J connectivity index is 1.74. The largest absolute Gasteiger partial charge is 0.352 e. The number of sulfonamides is 1. The van der Waals surface area contributed by atoms with Crippen LogP contribution in [0.1, 0.15) is 36.8 Å². The number of nitrogens with zero attached hydrogens (tertiary/aromatic N) is 1. The summed E-state index contributed by atoms with van der Waals surface area (Å²) >= 11 is 0. The zero-order valence-corrected chi connectivity index (χ0v) is 13.7. The molecule has 2 aliphatic carbocycles. The van der Waals surface area contributed by atoms with Gasteiger partial charge in [-0.2, -0.15) is 4.31 Å². The lowest BCUT2D eigenvalue weighted by molar-refractivity contribution is -0.121. The first-order valence-corrected chi connectivity index (χ1v) is 9.28. The van der Waals surface area contributed by atoms with Crippen LogP contribution in [0.5, 0.6) is 0 Å². The summed E-state index contributed by atoms with van der Waals surface area (Å²) in [7, 11) is -2.15. The lowest BCUT2D eigenvalue weighted by Crippen LogP contribution is -2.39. The van der Waals surface area contributed by atoms with Gasteiger partial charge in [-0.3, -0.25) is 4.79 Å². The van der Waals surface area contributed by atoms with Crippen LogP contribution in [0, 0.1) is 0 Å². The zero-order chi connectivity index (χ0) is 15.7. The molecule has 3 rings (SSSR count). The Labute approximate surface area is 131 Å². The summed E-state index contributed by atoms with van der Waals surface area (Å²) in [5, 5.41) is 2.81. The van der Waals surface area contributed by atoms with E-state index in [1.807, 2.05) is 6.07 Å². The maximum atomic E-state index is 12.6. The molecule has 1 aromatic rings. The molecule has 0 aromatic heterocycles. The molecule has 0 saturated heterocycles. The molecule has 5 nitrogen and oxygen atoms in total. The summed E-state index contributed by atoms with van der Waals surface area (Å²) in [6.07, 6.45) is 6.22. The van der Waals surface area contributed by atoms with Gasteiger partial charge in [0.2, 0.25) is 15.9 Å². The standard InChI is InChI=1S/C16H22N2O3S/c1-18(11-16(19)17-14-7-8-14)22(20,21)15-9-6-12-4-2-3-5-13(12)10-15/h6,9-10,14H,2-5,7-8,11H2,1H3,(H,17,19). The SMILES string of the molecule is CN(CC(=O)NC1CC1)S(=O)(=O)c1ccc2c(c1)CCCC2. The predicted molar refractivity (Wildman–Crippen MR) is 84.1 cm³/mol. The van der Waals surface area contributed by atoms with Crippen molar-refractivity contribution in [3.8, 4) is 0 Å². The first-order chi connectivity index (χ1) is 10.5. The van der Waals surface area contributed by atoms with E-state index < -0.39 is 10.0 Å². The fourth-order valence-corrected chi connectivity index (χ4v) is 4.02. The van der Waals surface area contributed by atoms with Gasteiger partial charge in [-0.25, -0.2) is 8.42 Å². The molecule has 1 amide bonds. The van der Waals surface area contributed by atoms with Crippen molar-refractivity contribution >= 4 is 15.9 Å². The Hall–Kier alpha value is -1.40. The minimum atomic E-state index is -3.61. The van der Waals surface area contributed by atoms with Crippen molar-refractivity contribution in [2.24, 2.45) is 0 Å². The highest BCUT2D eigenvalue weighted by atomic mass is 32.2. The highest BCUT2D eigenvalue weighted by Gasteiger charge is 2.27. The summed E-state index contributed by atoms with van der Waals surface area (Å²) in [4.78, 5) is 12.1. The summed E-state index contributed by atoms with van der Waals surface area (Å²) in [6.45, 7) is -0.129. The first kappa shape index (κ1) is 15.5. The molecule has 0 heterocycles. The van der Waals surface area contributed by atoms with Gasteiger partial charge in [0, 0.05) is 13.1 Å². The minimum Gasteiger partial charge on any atom is -0.352 e. The number of hydrogen-bond acceptors (Lipinski definition) is 3. The number of benzene rings is 1. The summed E-state index contributed by atoms with van der Waals surface area (Å²) < 4.78 is 26.3. The van der Waals surface area contributed by atoms with Crippen molar-refractivity contribution in [2.75, 3.05) is 13.6 Å². The van der Waals surface area contributed by atoms with Gasteiger partial charge >= 0.3 is 0 Å². The van der Waals surface area contributed by atoms with E-state index in [0.717, 1.165) is 42.0 Å². The molecule has 0 bridgehead atoms. The van der Waals surface area contributed by atoms with Crippen LogP contribution in [-0.2, 0) is 27.7 Å². The second-order valence-electron chi connectivity index (χ2n) is 6.24. The molecular weight excluding hydrogens is 300 g/mol. The van der Waals surface area contributed by atoms with E-state index >= 15 is 0 Å². The summed E-state index contributed by atoms with van der Waals surface area (Å²) in [5.41, 5.74) is 2.38. The van der Waals surface area contributed by atoms with Crippen LogP contribution < -0.4 is 5.32 Å². The van der Waals surface area contributed by atoms with E-state index in [-0.39, 0.29) is 23.4 Å². The van der Waals surface area contributed by atoms with Gasteiger partial charge in [-0.05, 0) is 61.8 Å². The molecule has 0 radical (unpaired) electrons. The van der Waals surface area contributed by atoms with Gasteiger partial charge in [0.05, 0.1) is 11.4 Å². The number of hydrogen-bond donors (Lipinski definition) is 1. The number of fused-ring (bicyclic) bond motifs is 1. The van der Waals surface area contributed by atoms with Crippen LogP contribution in [0.2, 0.25) is 0 Å². The molecule has 6 heteroatoms. The van der Waals surface area contributed by atoms with Crippen molar-refractivity contribution < 1.29 is 13.2 Å². The molecule has 120 valence electrons. The lowest BCUT2D eigenvalue weighted by atomic mass is 9.92. The van der Waals surface area contributed by atoms with Crippen LogP contribution in [-0.4, -0.2) is 38.3 Å². The molecule has 1 aromatic carbocycles. The van der Waals surface area contributed by atoms with E-state index in [1.165, 1.54) is 19.0 Å². The molecule has 0 spiro atoms. The molecule has 0 aliphatic heterocycles. The van der Waals surface area contributed by atoms with Crippen molar-refractivity contribution in [3.63, 3.8) is 0 Å². The van der Waals surface area contributed by atoms with E-state index in [2.05, 4.69) is 5.32 Å². The van der Waals surface area contributed by atoms with E-state index in [1.54, 1.807) is 12.1 Å². The van der Waals surface area contributed by atoms with Crippen molar-refractivity contribution in [2.45, 2.75) is 49.5 Å². The van der Waals surface area contributed by atoms with Crippen LogP contribution in [0.25, 0.3) is 0 Å². The third kappa shape index (κ3) is 3.33. The zero-order valence-electron chi connectivity index (χ0n) is 12.8. The van der Waals surface area contributed by atoms with Gasteiger partial charge in [0.1, 0.15) is 0 Å². The maximum absolute atomic E-state index is 12.6. The summed E-state index contributed by atoms with van der Waals surface area (Å²) in [5.74, 6) is -0.230. The number of aryl methyl sites for hydroxylation is 2. The molecule has 1 N–H and O–H groups in total. The Morgan fingerprint density at radius 1 is 1.23 bits per heavy atom. The maximum Gasteiger partial charge on any atom is 0.243 e. The molecule has 0 unspecified atom stereocenters. The average Bonchev–Trinajstić information content (AvgIpc) is 3.30. The summed E-state index contributed by atoms with van der Waals surface area (Å²) in [6, 6.07) is 5.60. The second-order valence-corrected chi connectivity index (χ2v) is 8.29. The Bertz CT molecular complexity index is 681. The molecule has 22 heavy (non-hydrogen) atoms. The molecule has 1 saturated carbocycles. The molecule has 1 fully saturated rings. The van der Waals surface area contributed by atoms with Gasteiger partial charge in [-0.15, -0.1) is 0 Å². The van der Waals surface area contributed by atoms with Gasteiger partial charge in [0.25, 0.3) is 0 Å². The van der Waals surface area contributed by atoms with E-state index in [9.17, 15) is 13.2 Å². The van der Waals surface area contributed by atoms with Gasteiger partial charge < -0.3 is 5.32 Å². The topological polar surface area (TPSA) is 66.5 Å². The van der Waals surface area contributed by atoms with Crippen molar-refractivity contribution in [1.82, 2.24) is 9.62 Å². The number of carbonyl (C=O) groups excluding carboxylic acids is 1. The normalized spacial score (nSPS) is 18.1. The fourth-order valence-electron chi connectivity index (χ4n) is 2.84. The van der Waals surface area contributed by atoms with Crippen LogP contribution >= 0.6 is 0 Å². The van der Waals surface area contributed by atoms with E-state index in [0.29, 0.717) is 0 Å². The Morgan fingerprint density at radius 2 is 1.91 bits per heavy atom. The average molecular weight is 322 g/mol. The number of carbonyl (C=O) groups is 1. The third-order valence-electron chi connectivity index (χ3n) is 4.34. The molecule has 2 aliphatic rings. The van der Waals surface area contributed by atoms with Crippen molar-refractivity contribution in [3.05, 3.63) is 29.3 Å². The Kier molecular flexibility index (Phi) is 4.23. The number of rotatable bonds is 5. The second kappa shape index (κ2) is 6.01. The number of nitrogens with one attached hydrogen (secondary N) is 1. The van der Waals surface area contributed by atoms with Crippen LogP contribution in [0.15, 0.2) is 23.1 Å². The molecule has 0 atom stereocenters. The van der Waals surface area contributed by atoms with Crippen LogP contribution in [0.4, 0.5) is 0 Å². The minimum absolute atomic E-state index is 0.129. The lowest BCUT2D eigenvalue weighted by Gasteiger charge is -2.20. The highest BCUT2D eigenvalue weighted by Crippen LogP contribution is 2.25. The quantitative estimate of drug-likeness (QED) is 0.892. The monoisotopic (exact) mass is 322 g/mol. The fraction of sp³-hybridized carbons (Fsp3) is 0.562.